The molecule has 0 aliphatic rings. The summed E-state index contributed by atoms with van der Waals surface area (Å²) in [6.07, 6.45) is 5.33. The standard InChI is InChI=1S/C13H26Br2/c1-5-6-12(4)8-13(9-14,10-15)7-11(2)3/h11-12H,5-10H2,1-4H3. The highest BCUT2D eigenvalue weighted by Crippen LogP contribution is 2.38. The first kappa shape index (κ1) is 16.0. The molecule has 2 heteroatoms. The lowest BCUT2D eigenvalue weighted by atomic mass is 9.76. The molecular formula is C13H26Br2. The van der Waals surface area contributed by atoms with Crippen LogP contribution in [0.2, 0.25) is 0 Å². The Hall–Kier alpha value is 0.960. The number of hydrogen-bond donors (Lipinski definition) is 0. The van der Waals surface area contributed by atoms with Crippen molar-refractivity contribution in [2.45, 2.75) is 53.4 Å². The summed E-state index contributed by atoms with van der Waals surface area (Å²) in [7, 11) is 0. The summed E-state index contributed by atoms with van der Waals surface area (Å²) in [5.41, 5.74) is 0.461. The Balaban J connectivity index is 4.34. The first-order valence-corrected chi connectivity index (χ1v) is 8.36. The molecule has 0 N–H and O–H groups in total. The molecule has 0 aliphatic heterocycles. The van der Waals surface area contributed by atoms with Crippen LogP contribution < -0.4 is 0 Å². The molecule has 0 aliphatic carbocycles. The van der Waals surface area contributed by atoms with E-state index in [1.165, 1.54) is 25.7 Å². The second-order valence-electron chi connectivity index (χ2n) is 5.46. The molecule has 0 radical (unpaired) electrons. The molecule has 0 aromatic rings. The maximum atomic E-state index is 3.71. The van der Waals surface area contributed by atoms with E-state index < -0.39 is 0 Å². The Bertz CT molecular complexity index is 151. The van der Waals surface area contributed by atoms with Crippen LogP contribution in [-0.4, -0.2) is 10.7 Å². The zero-order valence-electron chi connectivity index (χ0n) is 10.7. The van der Waals surface area contributed by atoms with Gasteiger partial charge in [-0.2, -0.15) is 0 Å². The van der Waals surface area contributed by atoms with E-state index >= 15 is 0 Å². The van der Waals surface area contributed by atoms with Crippen LogP contribution in [-0.2, 0) is 0 Å². The molecule has 0 aromatic carbocycles. The van der Waals surface area contributed by atoms with Crippen molar-refractivity contribution in [2.24, 2.45) is 17.3 Å². The fourth-order valence-electron chi connectivity index (χ4n) is 2.54. The molecule has 0 saturated carbocycles. The predicted molar refractivity (Wildman–Crippen MR) is 78.2 cm³/mol. The van der Waals surface area contributed by atoms with Crippen LogP contribution in [0.15, 0.2) is 0 Å². The van der Waals surface area contributed by atoms with Gasteiger partial charge in [0.2, 0.25) is 0 Å². The highest BCUT2D eigenvalue weighted by atomic mass is 79.9. The number of rotatable bonds is 8. The van der Waals surface area contributed by atoms with E-state index in [0.717, 1.165) is 22.5 Å². The Labute approximate surface area is 113 Å². The first-order valence-electron chi connectivity index (χ1n) is 6.11. The van der Waals surface area contributed by atoms with Gasteiger partial charge in [-0.3, -0.25) is 0 Å². The summed E-state index contributed by atoms with van der Waals surface area (Å²) < 4.78 is 0. The highest BCUT2D eigenvalue weighted by Gasteiger charge is 2.30. The zero-order valence-corrected chi connectivity index (χ0v) is 13.8. The van der Waals surface area contributed by atoms with Crippen LogP contribution in [0.25, 0.3) is 0 Å². The van der Waals surface area contributed by atoms with Crippen molar-refractivity contribution in [3.8, 4) is 0 Å². The third-order valence-corrected chi connectivity index (χ3v) is 5.35. The Morgan fingerprint density at radius 3 is 1.87 bits per heavy atom. The smallest absolute Gasteiger partial charge is 0.00961 e. The van der Waals surface area contributed by atoms with E-state index in [4.69, 9.17) is 0 Å². The maximum absolute atomic E-state index is 3.71. The van der Waals surface area contributed by atoms with Gasteiger partial charge in [-0.1, -0.05) is 72.4 Å². The molecule has 0 heterocycles. The van der Waals surface area contributed by atoms with E-state index in [2.05, 4.69) is 59.6 Å². The average Bonchev–Trinajstić information content (AvgIpc) is 2.16. The van der Waals surface area contributed by atoms with Crippen LogP contribution in [0.5, 0.6) is 0 Å². The molecular weight excluding hydrogens is 316 g/mol. The van der Waals surface area contributed by atoms with E-state index in [-0.39, 0.29) is 0 Å². The lowest BCUT2D eigenvalue weighted by Crippen LogP contribution is -2.29. The van der Waals surface area contributed by atoms with Crippen LogP contribution >= 0.6 is 31.9 Å². The molecule has 0 spiro atoms. The van der Waals surface area contributed by atoms with Gasteiger partial charge in [0.05, 0.1) is 0 Å². The molecule has 0 nitrogen and oxygen atoms in total. The second-order valence-corrected chi connectivity index (χ2v) is 6.58. The number of alkyl halides is 2. The lowest BCUT2D eigenvalue weighted by Gasteiger charge is -2.34. The van der Waals surface area contributed by atoms with Crippen LogP contribution in [0.3, 0.4) is 0 Å². The normalized spacial score (nSPS) is 14.6. The van der Waals surface area contributed by atoms with Crippen molar-refractivity contribution >= 4 is 31.9 Å². The SMILES string of the molecule is CCCC(C)CC(CBr)(CBr)CC(C)C. The van der Waals surface area contributed by atoms with Gasteiger partial charge in [0.15, 0.2) is 0 Å². The largest absolute Gasteiger partial charge is 0.0922 e. The van der Waals surface area contributed by atoms with Crippen molar-refractivity contribution in [2.75, 3.05) is 10.7 Å². The highest BCUT2D eigenvalue weighted by molar-refractivity contribution is 9.09. The average molecular weight is 342 g/mol. The molecule has 1 atom stereocenters. The van der Waals surface area contributed by atoms with Gasteiger partial charge < -0.3 is 0 Å². The number of halogens is 2. The fourth-order valence-corrected chi connectivity index (χ4v) is 4.38. The third-order valence-electron chi connectivity index (χ3n) is 2.97. The summed E-state index contributed by atoms with van der Waals surface area (Å²) in [4.78, 5) is 0. The summed E-state index contributed by atoms with van der Waals surface area (Å²) in [6.45, 7) is 9.32. The molecule has 0 bridgehead atoms. The number of hydrogen-bond acceptors (Lipinski definition) is 0. The molecule has 0 saturated heterocycles. The molecule has 0 rings (SSSR count). The predicted octanol–water partition coefficient (Wildman–Crippen LogP) is 5.64. The van der Waals surface area contributed by atoms with Crippen molar-refractivity contribution in [1.82, 2.24) is 0 Å². The Morgan fingerprint density at radius 1 is 1.00 bits per heavy atom. The van der Waals surface area contributed by atoms with Gasteiger partial charge in [-0.25, -0.2) is 0 Å². The van der Waals surface area contributed by atoms with E-state index in [0.29, 0.717) is 5.41 Å². The van der Waals surface area contributed by atoms with Crippen LogP contribution in [0, 0.1) is 17.3 Å². The fraction of sp³-hybridized carbons (Fsp3) is 1.00. The summed E-state index contributed by atoms with van der Waals surface area (Å²) in [6, 6.07) is 0. The van der Waals surface area contributed by atoms with E-state index in [9.17, 15) is 0 Å². The maximum Gasteiger partial charge on any atom is 0.00961 e. The van der Waals surface area contributed by atoms with Crippen molar-refractivity contribution in [3.05, 3.63) is 0 Å². The quantitative estimate of drug-likeness (QED) is 0.501. The molecule has 92 valence electrons. The van der Waals surface area contributed by atoms with Crippen LogP contribution in [0.4, 0.5) is 0 Å². The van der Waals surface area contributed by atoms with Crippen molar-refractivity contribution in [3.63, 3.8) is 0 Å². The Kier molecular flexibility index (Phi) is 8.63. The van der Waals surface area contributed by atoms with Crippen molar-refractivity contribution < 1.29 is 0 Å². The second kappa shape index (κ2) is 8.11. The summed E-state index contributed by atoms with van der Waals surface area (Å²) >= 11 is 7.42. The first-order chi connectivity index (χ1) is 6.99. The summed E-state index contributed by atoms with van der Waals surface area (Å²) in [5.74, 6) is 1.64. The van der Waals surface area contributed by atoms with Gasteiger partial charge in [0.1, 0.15) is 0 Å². The third kappa shape index (κ3) is 6.31. The van der Waals surface area contributed by atoms with Gasteiger partial charge in [0, 0.05) is 10.7 Å². The minimum atomic E-state index is 0.461. The van der Waals surface area contributed by atoms with Crippen molar-refractivity contribution in [1.29, 1.82) is 0 Å². The minimum Gasteiger partial charge on any atom is -0.0922 e. The monoisotopic (exact) mass is 340 g/mol. The molecule has 0 aromatic heterocycles. The minimum absolute atomic E-state index is 0.461. The van der Waals surface area contributed by atoms with Crippen LogP contribution in [0.1, 0.15) is 53.4 Å². The van der Waals surface area contributed by atoms with Gasteiger partial charge in [-0.15, -0.1) is 0 Å². The summed E-state index contributed by atoms with van der Waals surface area (Å²) in [5, 5.41) is 2.25. The molecule has 0 amide bonds. The van der Waals surface area contributed by atoms with Gasteiger partial charge in [0.25, 0.3) is 0 Å². The van der Waals surface area contributed by atoms with E-state index in [1.807, 2.05) is 0 Å². The van der Waals surface area contributed by atoms with Gasteiger partial charge >= 0.3 is 0 Å². The van der Waals surface area contributed by atoms with E-state index in [1.54, 1.807) is 0 Å². The molecule has 0 fully saturated rings. The zero-order chi connectivity index (χ0) is 11.9. The lowest BCUT2D eigenvalue weighted by molar-refractivity contribution is 0.236. The molecule has 1 unspecified atom stereocenters. The Morgan fingerprint density at radius 2 is 1.53 bits per heavy atom. The molecule has 15 heavy (non-hydrogen) atoms. The van der Waals surface area contributed by atoms with Gasteiger partial charge in [-0.05, 0) is 30.1 Å². The topological polar surface area (TPSA) is 0 Å².